The zero-order chi connectivity index (χ0) is 16.4. The van der Waals surface area contributed by atoms with E-state index < -0.39 is 48.4 Å². The van der Waals surface area contributed by atoms with Crippen LogP contribution in [-0.2, 0) is 9.53 Å². The number of nitrogens with one attached hydrogen (secondary N) is 1. The summed E-state index contributed by atoms with van der Waals surface area (Å²) in [7, 11) is 0. The molecule has 0 bridgehead atoms. The Morgan fingerprint density at radius 1 is 1.36 bits per heavy atom. The topological polar surface area (TPSA) is 162 Å². The van der Waals surface area contributed by atoms with E-state index in [1.165, 1.54) is 0 Å². The predicted octanol–water partition coefficient (Wildman–Crippen LogP) is -2.75. The Bertz CT molecular complexity index is 706. The van der Waals surface area contributed by atoms with E-state index in [0.29, 0.717) is 6.08 Å². The van der Waals surface area contributed by atoms with Gasteiger partial charge < -0.3 is 25.2 Å². The lowest BCUT2D eigenvalue weighted by Gasteiger charge is -2.17. The molecule has 4 atom stereocenters. The minimum Gasteiger partial charge on any atom is -0.478 e. The molecule has 1 aliphatic rings. The van der Waals surface area contributed by atoms with Gasteiger partial charge in [0.15, 0.2) is 6.23 Å². The number of hydrogen-bond acceptors (Lipinski definition) is 7. The van der Waals surface area contributed by atoms with Gasteiger partial charge in [-0.2, -0.15) is 0 Å². The number of rotatable bonds is 4. The molecule has 1 aliphatic heterocycles. The number of ether oxygens (including phenoxy) is 1. The first-order chi connectivity index (χ1) is 10.3. The van der Waals surface area contributed by atoms with Crippen LogP contribution >= 0.6 is 0 Å². The van der Waals surface area contributed by atoms with Crippen molar-refractivity contribution < 1.29 is 30.0 Å². The number of aliphatic hydroxyl groups excluding tert-OH is 3. The van der Waals surface area contributed by atoms with E-state index in [2.05, 4.69) is 0 Å². The van der Waals surface area contributed by atoms with Crippen LogP contribution in [0.25, 0.3) is 6.08 Å². The number of aliphatic carboxylic acids is 1. The maximum Gasteiger partial charge on any atom is 0.330 e. The normalized spacial score (nSPS) is 28.3. The summed E-state index contributed by atoms with van der Waals surface area (Å²) in [6.45, 7) is -0.571. The lowest BCUT2D eigenvalue weighted by molar-refractivity contribution is -0.131. The van der Waals surface area contributed by atoms with Crippen LogP contribution in [0.4, 0.5) is 0 Å². The summed E-state index contributed by atoms with van der Waals surface area (Å²) in [5.74, 6) is -1.29. The Kier molecular flexibility index (Phi) is 4.56. The summed E-state index contributed by atoms with van der Waals surface area (Å²) >= 11 is 0. The molecule has 2 heterocycles. The number of aromatic amines is 1. The summed E-state index contributed by atoms with van der Waals surface area (Å²) in [4.78, 5) is 35.8. The molecular formula is C12H14N2O8. The number of aromatic nitrogens is 2. The molecule has 1 fully saturated rings. The van der Waals surface area contributed by atoms with Crippen LogP contribution in [0.1, 0.15) is 11.8 Å². The van der Waals surface area contributed by atoms with Gasteiger partial charge in [-0.15, -0.1) is 0 Å². The van der Waals surface area contributed by atoms with Gasteiger partial charge in [-0.25, -0.2) is 9.59 Å². The van der Waals surface area contributed by atoms with Crippen molar-refractivity contribution in [1.29, 1.82) is 0 Å². The van der Waals surface area contributed by atoms with E-state index in [1.54, 1.807) is 0 Å². The molecule has 10 nitrogen and oxygen atoms in total. The van der Waals surface area contributed by atoms with E-state index >= 15 is 0 Å². The summed E-state index contributed by atoms with van der Waals surface area (Å²) in [5.41, 5.74) is -1.88. The molecule has 0 aromatic carbocycles. The smallest absolute Gasteiger partial charge is 0.330 e. The molecule has 1 unspecified atom stereocenters. The second kappa shape index (κ2) is 6.23. The number of carboxylic acids is 1. The largest absolute Gasteiger partial charge is 0.478 e. The molecule has 2 rings (SSSR count). The molecule has 22 heavy (non-hydrogen) atoms. The molecular weight excluding hydrogens is 300 g/mol. The molecule has 0 spiro atoms. The van der Waals surface area contributed by atoms with Crippen LogP contribution in [-0.4, -0.2) is 60.9 Å². The molecule has 0 aliphatic carbocycles. The third-order valence-electron chi connectivity index (χ3n) is 3.19. The number of carbonyl (C=O) groups is 1. The molecule has 0 radical (unpaired) electrons. The van der Waals surface area contributed by atoms with Crippen LogP contribution in [0, 0.1) is 0 Å². The summed E-state index contributed by atoms with van der Waals surface area (Å²) < 4.78 is 5.98. The van der Waals surface area contributed by atoms with Crippen molar-refractivity contribution in [3.8, 4) is 0 Å². The average molecular weight is 314 g/mol. The van der Waals surface area contributed by atoms with Crippen LogP contribution in [0.5, 0.6) is 0 Å². The van der Waals surface area contributed by atoms with Gasteiger partial charge in [0.1, 0.15) is 18.3 Å². The van der Waals surface area contributed by atoms with Gasteiger partial charge in [0.2, 0.25) is 0 Å². The van der Waals surface area contributed by atoms with Crippen molar-refractivity contribution in [1.82, 2.24) is 9.55 Å². The Morgan fingerprint density at radius 2 is 2.05 bits per heavy atom. The highest BCUT2D eigenvalue weighted by Crippen LogP contribution is 2.27. The van der Waals surface area contributed by atoms with E-state index in [4.69, 9.17) is 14.9 Å². The second-order valence-electron chi connectivity index (χ2n) is 4.65. The quantitative estimate of drug-likeness (QED) is 0.373. The molecule has 120 valence electrons. The Morgan fingerprint density at radius 3 is 2.59 bits per heavy atom. The number of carboxylic acid groups (broad SMARTS) is 1. The van der Waals surface area contributed by atoms with E-state index in [1.807, 2.05) is 4.98 Å². The third kappa shape index (κ3) is 2.99. The molecule has 1 aromatic rings. The van der Waals surface area contributed by atoms with Crippen molar-refractivity contribution in [3.05, 3.63) is 38.7 Å². The number of nitrogens with zero attached hydrogens (tertiary/aromatic N) is 1. The first kappa shape index (κ1) is 16.1. The SMILES string of the molecule is O=C(O)/C=C/c1cn([C@@H]2O[C@H](CO)C(O)[C@@H]2O)c(=O)[nH]c1=O. The van der Waals surface area contributed by atoms with E-state index in [9.17, 15) is 24.6 Å². The molecule has 10 heteroatoms. The molecule has 0 amide bonds. The van der Waals surface area contributed by atoms with Crippen molar-refractivity contribution in [2.75, 3.05) is 6.61 Å². The Balaban J connectivity index is 2.44. The Hall–Kier alpha value is -2.27. The third-order valence-corrected chi connectivity index (χ3v) is 3.19. The fourth-order valence-corrected chi connectivity index (χ4v) is 2.08. The number of aliphatic hydroxyl groups is 3. The van der Waals surface area contributed by atoms with Gasteiger partial charge in [0.25, 0.3) is 5.56 Å². The van der Waals surface area contributed by atoms with Crippen LogP contribution in [0.3, 0.4) is 0 Å². The first-order valence-corrected chi connectivity index (χ1v) is 6.24. The summed E-state index contributed by atoms with van der Waals surface area (Å²) in [6.07, 6.45) is -2.65. The van der Waals surface area contributed by atoms with E-state index in [0.717, 1.165) is 16.8 Å². The zero-order valence-electron chi connectivity index (χ0n) is 11.1. The van der Waals surface area contributed by atoms with Crippen molar-refractivity contribution in [2.24, 2.45) is 0 Å². The lowest BCUT2D eigenvalue weighted by Crippen LogP contribution is -2.38. The second-order valence-corrected chi connectivity index (χ2v) is 4.65. The van der Waals surface area contributed by atoms with Gasteiger partial charge in [0.05, 0.1) is 12.2 Å². The van der Waals surface area contributed by atoms with Gasteiger partial charge >= 0.3 is 11.7 Å². The van der Waals surface area contributed by atoms with Crippen molar-refractivity contribution in [2.45, 2.75) is 24.5 Å². The number of hydrogen-bond donors (Lipinski definition) is 5. The molecule has 1 saturated heterocycles. The molecule has 5 N–H and O–H groups in total. The fourth-order valence-electron chi connectivity index (χ4n) is 2.08. The fraction of sp³-hybridized carbons (Fsp3) is 0.417. The number of H-pyrrole nitrogens is 1. The van der Waals surface area contributed by atoms with Crippen molar-refractivity contribution >= 4 is 12.0 Å². The maximum atomic E-state index is 11.8. The lowest BCUT2D eigenvalue weighted by atomic mass is 10.1. The van der Waals surface area contributed by atoms with Gasteiger partial charge in [-0.1, -0.05) is 0 Å². The highest BCUT2D eigenvalue weighted by molar-refractivity contribution is 5.85. The minimum atomic E-state index is -1.50. The van der Waals surface area contributed by atoms with Crippen LogP contribution < -0.4 is 11.2 Å². The van der Waals surface area contributed by atoms with Crippen molar-refractivity contribution in [3.63, 3.8) is 0 Å². The summed E-state index contributed by atoms with van der Waals surface area (Å²) in [6, 6.07) is 0. The van der Waals surface area contributed by atoms with Gasteiger partial charge in [-0.05, 0) is 6.08 Å². The monoisotopic (exact) mass is 314 g/mol. The van der Waals surface area contributed by atoms with E-state index in [-0.39, 0.29) is 5.56 Å². The first-order valence-electron chi connectivity index (χ1n) is 6.24. The highest BCUT2D eigenvalue weighted by Gasteiger charge is 2.43. The van der Waals surface area contributed by atoms with Gasteiger partial charge in [-0.3, -0.25) is 14.3 Å². The Labute approximate surface area is 122 Å². The average Bonchev–Trinajstić information content (AvgIpc) is 2.74. The molecule has 1 aromatic heterocycles. The van der Waals surface area contributed by atoms with Crippen LogP contribution in [0.15, 0.2) is 21.9 Å². The standard InChI is InChI=1S/C12H14N2O8/c15-4-6-8(18)9(19)11(22-6)14-3-5(1-2-7(16)17)10(20)13-12(14)21/h1-3,6,8-9,11,15,18-19H,4H2,(H,16,17)(H,13,20,21)/b2-1+/t6-,8?,9+,11-/m1/s1. The predicted molar refractivity (Wildman–Crippen MR) is 71.0 cm³/mol. The summed E-state index contributed by atoms with van der Waals surface area (Å²) in [5, 5.41) is 37.1. The maximum absolute atomic E-state index is 11.8. The minimum absolute atomic E-state index is 0.153. The molecule has 0 saturated carbocycles. The zero-order valence-corrected chi connectivity index (χ0v) is 11.1. The highest BCUT2D eigenvalue weighted by atomic mass is 16.6. The van der Waals surface area contributed by atoms with Crippen LogP contribution in [0.2, 0.25) is 0 Å². The van der Waals surface area contributed by atoms with Gasteiger partial charge in [0, 0.05) is 12.3 Å².